The molecule has 2 aromatic carbocycles. The first-order chi connectivity index (χ1) is 20.1. The number of carbonyl (C=O) groups is 1. The van der Waals surface area contributed by atoms with Crippen LogP contribution in [0, 0.1) is 17.2 Å². The fourth-order valence-corrected chi connectivity index (χ4v) is 7.01. The van der Waals surface area contributed by atoms with Crippen molar-refractivity contribution in [3.63, 3.8) is 0 Å². The summed E-state index contributed by atoms with van der Waals surface area (Å²) in [6.07, 6.45) is 2.88. The Morgan fingerprint density at radius 1 is 1.12 bits per heavy atom. The maximum atomic E-state index is 14.2. The Hall–Kier alpha value is -3.23. The third kappa shape index (κ3) is 7.21. The van der Waals surface area contributed by atoms with Crippen molar-refractivity contribution in [2.75, 3.05) is 39.3 Å². The number of benzene rings is 2. The second-order valence-corrected chi connectivity index (χ2v) is 13.1. The number of likely N-dealkylation sites (tertiary alicyclic amines) is 2. The fraction of sp³-hybridized carbons (Fsp3) is 0.529. The number of hydrogen-bond acceptors (Lipinski definition) is 5. The number of ether oxygens (including phenoxy) is 1. The number of aromatic nitrogens is 2. The highest BCUT2D eigenvalue weighted by Crippen LogP contribution is 2.39. The molecule has 0 saturated carbocycles. The van der Waals surface area contributed by atoms with Gasteiger partial charge in [-0.3, -0.25) is 14.8 Å². The fourth-order valence-electron chi connectivity index (χ4n) is 7.01. The smallest absolute Gasteiger partial charge is 0.321 e. The molecule has 226 valence electrons. The molecule has 7 nitrogen and oxygen atoms in total. The molecule has 2 aliphatic heterocycles. The number of carboxylic acids is 1. The lowest BCUT2D eigenvalue weighted by Crippen LogP contribution is -2.48. The van der Waals surface area contributed by atoms with E-state index in [2.05, 4.69) is 38.2 Å². The molecular weight excluding hydrogens is 531 g/mol. The molecule has 2 fully saturated rings. The maximum Gasteiger partial charge on any atom is 0.321 e. The number of piperidine rings is 1. The average molecular weight is 577 g/mol. The number of nitrogens with zero attached hydrogens (tertiary/aromatic N) is 3. The summed E-state index contributed by atoms with van der Waals surface area (Å²) in [5.74, 6) is 0.639. The highest BCUT2D eigenvalue weighted by molar-refractivity contribution is 5.74. The van der Waals surface area contributed by atoms with E-state index in [1.54, 1.807) is 12.1 Å². The van der Waals surface area contributed by atoms with Crippen LogP contribution in [0.5, 0.6) is 5.75 Å². The number of aliphatic carboxylic acids is 1. The van der Waals surface area contributed by atoms with Crippen molar-refractivity contribution in [2.24, 2.45) is 11.3 Å². The van der Waals surface area contributed by atoms with Gasteiger partial charge in [-0.15, -0.1) is 0 Å². The molecule has 0 amide bonds. The largest absolute Gasteiger partial charge is 0.494 e. The van der Waals surface area contributed by atoms with Crippen LogP contribution >= 0.6 is 0 Å². The molecule has 0 aliphatic carbocycles. The minimum atomic E-state index is -0.789. The van der Waals surface area contributed by atoms with E-state index in [1.807, 2.05) is 45.9 Å². The molecule has 42 heavy (non-hydrogen) atoms. The molecule has 1 aromatic heterocycles. The monoisotopic (exact) mass is 576 g/mol. The number of carboxylic acid groups (broad SMARTS) is 1. The molecule has 2 saturated heterocycles. The van der Waals surface area contributed by atoms with Crippen LogP contribution in [-0.2, 0) is 11.2 Å². The summed E-state index contributed by atoms with van der Waals surface area (Å²) >= 11 is 0. The maximum absolute atomic E-state index is 14.2. The number of hydrogen-bond donors (Lipinski definition) is 2. The number of halogens is 1. The summed E-state index contributed by atoms with van der Waals surface area (Å²) in [6.45, 7) is 12.8. The quantitative estimate of drug-likeness (QED) is 0.311. The molecule has 2 aliphatic rings. The van der Waals surface area contributed by atoms with Gasteiger partial charge < -0.3 is 14.7 Å². The highest BCUT2D eigenvalue weighted by atomic mass is 19.1. The summed E-state index contributed by atoms with van der Waals surface area (Å²) in [4.78, 5) is 16.9. The summed E-state index contributed by atoms with van der Waals surface area (Å²) in [5.41, 5.74) is 4.03. The summed E-state index contributed by atoms with van der Waals surface area (Å²) in [7, 11) is 0. The van der Waals surface area contributed by atoms with Gasteiger partial charge in [0.25, 0.3) is 0 Å². The zero-order valence-electron chi connectivity index (χ0n) is 25.4. The van der Waals surface area contributed by atoms with Crippen molar-refractivity contribution >= 4 is 5.97 Å². The average Bonchev–Trinajstić information content (AvgIpc) is 3.57. The van der Waals surface area contributed by atoms with Crippen LogP contribution in [0.25, 0.3) is 0 Å². The summed E-state index contributed by atoms with van der Waals surface area (Å²) < 4.78 is 19.8. The Bertz CT molecular complexity index is 1330. The van der Waals surface area contributed by atoms with E-state index in [0.29, 0.717) is 25.6 Å². The van der Waals surface area contributed by atoms with Crippen molar-refractivity contribution in [3.8, 4) is 5.75 Å². The zero-order chi connectivity index (χ0) is 29.9. The van der Waals surface area contributed by atoms with Crippen LogP contribution in [0.15, 0.2) is 54.6 Å². The molecule has 2 unspecified atom stereocenters. The van der Waals surface area contributed by atoms with Crippen LogP contribution in [0.2, 0.25) is 0 Å². The van der Waals surface area contributed by atoms with E-state index in [1.165, 1.54) is 17.3 Å². The van der Waals surface area contributed by atoms with Crippen molar-refractivity contribution < 1.29 is 19.0 Å². The molecule has 3 heterocycles. The van der Waals surface area contributed by atoms with E-state index in [9.17, 15) is 14.3 Å². The Kier molecular flexibility index (Phi) is 9.33. The Balaban J connectivity index is 1.21. The normalized spacial score (nSPS) is 21.5. The highest BCUT2D eigenvalue weighted by Gasteiger charge is 2.44. The lowest BCUT2D eigenvalue weighted by molar-refractivity contribution is -0.147. The molecule has 8 heteroatoms. The minimum Gasteiger partial charge on any atom is -0.494 e. The van der Waals surface area contributed by atoms with Gasteiger partial charge in [0.15, 0.2) is 0 Å². The van der Waals surface area contributed by atoms with E-state index in [4.69, 9.17) is 4.74 Å². The van der Waals surface area contributed by atoms with Crippen molar-refractivity contribution in [1.82, 2.24) is 20.0 Å². The first-order valence-electron chi connectivity index (χ1n) is 15.3. The number of aromatic amines is 1. The van der Waals surface area contributed by atoms with Crippen molar-refractivity contribution in [2.45, 2.75) is 64.8 Å². The summed E-state index contributed by atoms with van der Waals surface area (Å²) in [6, 6.07) is 16.7. The van der Waals surface area contributed by atoms with Gasteiger partial charge in [0.2, 0.25) is 0 Å². The predicted octanol–water partition coefficient (Wildman–Crippen LogP) is 5.93. The lowest BCUT2D eigenvalue weighted by atomic mass is 9.85. The van der Waals surface area contributed by atoms with E-state index in [0.717, 1.165) is 55.9 Å². The Morgan fingerprint density at radius 2 is 1.86 bits per heavy atom. The first kappa shape index (κ1) is 30.2. The van der Waals surface area contributed by atoms with Gasteiger partial charge in [-0.2, -0.15) is 5.10 Å². The van der Waals surface area contributed by atoms with Gasteiger partial charge in [-0.05, 0) is 85.6 Å². The van der Waals surface area contributed by atoms with E-state index < -0.39 is 17.4 Å². The molecule has 0 bridgehead atoms. The van der Waals surface area contributed by atoms with Gasteiger partial charge in [0.05, 0.1) is 12.3 Å². The van der Waals surface area contributed by atoms with Crippen molar-refractivity contribution in [3.05, 3.63) is 82.9 Å². The minimum absolute atomic E-state index is 0.0976. The van der Waals surface area contributed by atoms with Gasteiger partial charge in [0, 0.05) is 43.6 Å². The number of rotatable bonds is 10. The number of nitrogens with one attached hydrogen (secondary N) is 1. The lowest BCUT2D eigenvalue weighted by Gasteiger charge is -2.35. The molecule has 3 atom stereocenters. The van der Waals surface area contributed by atoms with E-state index in [-0.39, 0.29) is 17.7 Å². The Labute approximate surface area is 249 Å². The second-order valence-electron chi connectivity index (χ2n) is 13.1. The topological polar surface area (TPSA) is 81.7 Å². The molecule has 0 radical (unpaired) electrons. The third-order valence-corrected chi connectivity index (χ3v) is 8.96. The molecule has 3 aromatic rings. The summed E-state index contributed by atoms with van der Waals surface area (Å²) in [5, 5.41) is 18.0. The van der Waals surface area contributed by atoms with Crippen molar-refractivity contribution in [1.29, 1.82) is 0 Å². The van der Waals surface area contributed by atoms with E-state index >= 15 is 0 Å². The van der Waals surface area contributed by atoms with Gasteiger partial charge in [-0.1, -0.05) is 45.0 Å². The van der Waals surface area contributed by atoms with Gasteiger partial charge in [-0.25, -0.2) is 4.39 Å². The molecule has 0 spiro atoms. The predicted molar refractivity (Wildman–Crippen MR) is 163 cm³/mol. The third-order valence-electron chi connectivity index (χ3n) is 8.96. The molecule has 5 rings (SSSR count). The van der Waals surface area contributed by atoms with Crippen LogP contribution in [0.4, 0.5) is 4.39 Å². The van der Waals surface area contributed by atoms with Gasteiger partial charge in [0.1, 0.15) is 17.6 Å². The molecular formula is C34H45FN4O3. The zero-order valence-corrected chi connectivity index (χ0v) is 25.4. The molecule has 2 N–H and O–H groups in total. The van der Waals surface area contributed by atoms with Crippen LogP contribution in [0.1, 0.15) is 74.9 Å². The van der Waals surface area contributed by atoms with Crippen LogP contribution in [0.3, 0.4) is 0 Å². The second kappa shape index (κ2) is 13.0. The first-order valence-corrected chi connectivity index (χ1v) is 15.3. The van der Waals surface area contributed by atoms with Gasteiger partial charge >= 0.3 is 5.97 Å². The standard InChI is InChI=1S/C34H45FN4O3/c1-5-42-29-11-9-23(10-12-29)17-28-19-31(37-36-28)24-13-15-38(16-14-24)20-26-21-39(32(33(40)41)34(2,3)4)22-30(26)25-7-6-8-27(35)18-25/h6-12,18-19,24,26,30,32H,5,13-17,20-22H2,1-4H3,(H,36,37)(H,40,41)/t26?,30?,32-/m0/s1. The Morgan fingerprint density at radius 3 is 2.50 bits per heavy atom. The number of H-pyrrole nitrogens is 1. The van der Waals surface area contributed by atoms with Crippen LogP contribution < -0.4 is 4.74 Å². The SMILES string of the molecule is CCOc1ccc(Cc2cc(C3CCN(CC4CN([C@@H](C(=O)O)C(C)(C)C)CC4c4cccc(F)c4)CC3)[nH]n2)cc1. The van der Waals surface area contributed by atoms with Crippen LogP contribution in [-0.4, -0.2) is 76.4 Å².